The number of nitrogens with zero attached hydrogens (tertiary/aromatic N) is 1. The molecule has 0 aliphatic carbocycles. The van der Waals surface area contributed by atoms with Crippen molar-refractivity contribution in [2.75, 3.05) is 6.61 Å². The minimum absolute atomic E-state index is 0.143. The van der Waals surface area contributed by atoms with Gasteiger partial charge in [0.2, 0.25) is 0 Å². The molecule has 0 unspecified atom stereocenters. The first-order valence-electron chi connectivity index (χ1n) is 6.71. The van der Waals surface area contributed by atoms with Crippen LogP contribution in [0.2, 0.25) is 0 Å². The third kappa shape index (κ3) is 4.22. The molecule has 20 heavy (non-hydrogen) atoms. The van der Waals surface area contributed by atoms with Gasteiger partial charge in [-0.05, 0) is 23.1 Å². The second-order valence-electron chi connectivity index (χ2n) is 5.74. The van der Waals surface area contributed by atoms with Crippen LogP contribution in [0.4, 0.5) is 0 Å². The highest BCUT2D eigenvalue weighted by Crippen LogP contribution is 2.25. The summed E-state index contributed by atoms with van der Waals surface area (Å²) in [6, 6.07) is 8.30. The zero-order chi connectivity index (χ0) is 14.6. The van der Waals surface area contributed by atoms with Gasteiger partial charge in [-0.3, -0.25) is 0 Å². The molecule has 0 aliphatic rings. The first-order chi connectivity index (χ1) is 9.49. The molecular formula is C16H20ClNOS. The maximum absolute atomic E-state index is 5.82. The lowest BCUT2D eigenvalue weighted by Crippen LogP contribution is -2.11. The highest BCUT2D eigenvalue weighted by atomic mass is 35.5. The maximum atomic E-state index is 5.82. The van der Waals surface area contributed by atoms with Crippen LogP contribution in [-0.2, 0) is 17.7 Å². The lowest BCUT2D eigenvalue weighted by molar-refractivity contribution is 0.321. The largest absolute Gasteiger partial charge is 0.493 e. The molecule has 1 heterocycles. The van der Waals surface area contributed by atoms with Crippen molar-refractivity contribution < 1.29 is 4.74 Å². The summed E-state index contributed by atoms with van der Waals surface area (Å²) in [7, 11) is 0. The van der Waals surface area contributed by atoms with Crippen LogP contribution >= 0.6 is 22.9 Å². The number of benzene rings is 1. The van der Waals surface area contributed by atoms with Crippen LogP contribution < -0.4 is 4.74 Å². The highest BCUT2D eigenvalue weighted by molar-refractivity contribution is 7.09. The molecule has 4 heteroatoms. The van der Waals surface area contributed by atoms with Gasteiger partial charge < -0.3 is 4.74 Å². The van der Waals surface area contributed by atoms with Gasteiger partial charge in [0.05, 0.1) is 23.2 Å². The summed E-state index contributed by atoms with van der Waals surface area (Å²) >= 11 is 7.38. The number of alkyl halides is 1. The smallest absolute Gasteiger partial charge is 0.119 e. The molecule has 0 bridgehead atoms. The number of hydrogen-bond acceptors (Lipinski definition) is 3. The Morgan fingerprint density at radius 3 is 2.75 bits per heavy atom. The van der Waals surface area contributed by atoms with Gasteiger partial charge >= 0.3 is 0 Å². The molecule has 0 saturated heterocycles. The summed E-state index contributed by atoms with van der Waals surface area (Å²) in [6.07, 6.45) is 0.821. The topological polar surface area (TPSA) is 22.1 Å². The molecule has 108 valence electrons. The van der Waals surface area contributed by atoms with Gasteiger partial charge in [0.1, 0.15) is 5.75 Å². The van der Waals surface area contributed by atoms with Crippen molar-refractivity contribution in [2.45, 2.75) is 38.5 Å². The van der Waals surface area contributed by atoms with E-state index in [2.05, 4.69) is 37.9 Å². The van der Waals surface area contributed by atoms with E-state index >= 15 is 0 Å². The van der Waals surface area contributed by atoms with E-state index in [0.717, 1.165) is 22.9 Å². The van der Waals surface area contributed by atoms with Crippen LogP contribution in [0.5, 0.6) is 5.75 Å². The molecule has 2 rings (SSSR count). The van der Waals surface area contributed by atoms with Crippen LogP contribution in [0.1, 0.15) is 37.0 Å². The fourth-order valence-corrected chi connectivity index (χ4v) is 2.84. The van der Waals surface area contributed by atoms with Crippen LogP contribution in [0, 0.1) is 0 Å². The second-order valence-corrected chi connectivity index (χ2v) is 6.95. The minimum Gasteiger partial charge on any atom is -0.493 e. The van der Waals surface area contributed by atoms with Crippen molar-refractivity contribution in [1.29, 1.82) is 0 Å². The van der Waals surface area contributed by atoms with E-state index in [4.69, 9.17) is 16.3 Å². The predicted octanol–water partition coefficient (Wildman–Crippen LogP) is 4.80. The summed E-state index contributed by atoms with van der Waals surface area (Å²) in [6.45, 7) is 7.25. The number of ether oxygens (including phenoxy) is 1. The first-order valence-corrected chi connectivity index (χ1v) is 8.13. The van der Waals surface area contributed by atoms with Gasteiger partial charge in [0, 0.05) is 11.8 Å². The molecule has 0 saturated carbocycles. The molecule has 0 aliphatic heterocycles. The van der Waals surface area contributed by atoms with Crippen LogP contribution in [-0.4, -0.2) is 11.6 Å². The zero-order valence-electron chi connectivity index (χ0n) is 12.1. The van der Waals surface area contributed by atoms with Crippen molar-refractivity contribution in [2.24, 2.45) is 0 Å². The van der Waals surface area contributed by atoms with Crippen LogP contribution in [0.3, 0.4) is 0 Å². The summed E-state index contributed by atoms with van der Waals surface area (Å²) in [5.74, 6) is 1.40. The molecule has 1 aromatic carbocycles. The third-order valence-corrected chi connectivity index (χ3v) is 4.25. The fraction of sp³-hybridized carbons (Fsp3) is 0.438. The van der Waals surface area contributed by atoms with Gasteiger partial charge in [0.25, 0.3) is 0 Å². The minimum atomic E-state index is 0.143. The first kappa shape index (κ1) is 15.3. The van der Waals surface area contributed by atoms with Gasteiger partial charge in [-0.25, -0.2) is 4.98 Å². The number of halogens is 1. The lowest BCUT2D eigenvalue weighted by atomic mass is 9.87. The summed E-state index contributed by atoms with van der Waals surface area (Å²) in [5, 5.41) is 3.08. The normalized spacial score (nSPS) is 11.6. The molecular weight excluding hydrogens is 290 g/mol. The van der Waals surface area contributed by atoms with Crippen LogP contribution in [0.15, 0.2) is 29.6 Å². The average Bonchev–Trinajstić information content (AvgIpc) is 2.86. The van der Waals surface area contributed by atoms with E-state index in [1.165, 1.54) is 5.56 Å². The lowest BCUT2D eigenvalue weighted by Gasteiger charge is -2.19. The SMILES string of the molecule is CC(C)(C)c1cccc(OCCc2nc(CCl)cs2)c1. The van der Waals surface area contributed by atoms with Crippen molar-refractivity contribution in [1.82, 2.24) is 4.98 Å². The molecule has 0 radical (unpaired) electrons. The Bertz CT molecular complexity index is 560. The molecule has 2 aromatic rings. The molecule has 0 amide bonds. The summed E-state index contributed by atoms with van der Waals surface area (Å²) in [5.41, 5.74) is 2.37. The van der Waals surface area contributed by atoms with E-state index in [1.54, 1.807) is 11.3 Å². The molecule has 0 N–H and O–H groups in total. The van der Waals surface area contributed by atoms with Gasteiger partial charge in [-0.15, -0.1) is 22.9 Å². The van der Waals surface area contributed by atoms with E-state index in [0.29, 0.717) is 12.5 Å². The van der Waals surface area contributed by atoms with Gasteiger partial charge in [-0.1, -0.05) is 32.9 Å². The Hall–Kier alpha value is -1.06. The number of aromatic nitrogens is 1. The fourth-order valence-electron chi connectivity index (χ4n) is 1.83. The second kappa shape index (κ2) is 6.59. The van der Waals surface area contributed by atoms with E-state index < -0.39 is 0 Å². The molecule has 0 spiro atoms. The van der Waals surface area contributed by atoms with E-state index in [-0.39, 0.29) is 5.41 Å². The van der Waals surface area contributed by atoms with Crippen molar-refractivity contribution in [3.8, 4) is 5.75 Å². The molecule has 1 aromatic heterocycles. The monoisotopic (exact) mass is 309 g/mol. The summed E-state index contributed by atoms with van der Waals surface area (Å²) in [4.78, 5) is 4.42. The Balaban J connectivity index is 1.91. The Morgan fingerprint density at radius 1 is 1.30 bits per heavy atom. The average molecular weight is 310 g/mol. The molecule has 2 nitrogen and oxygen atoms in total. The highest BCUT2D eigenvalue weighted by Gasteiger charge is 2.13. The Morgan fingerprint density at radius 2 is 2.10 bits per heavy atom. The third-order valence-electron chi connectivity index (χ3n) is 3.02. The number of rotatable bonds is 5. The van der Waals surface area contributed by atoms with Gasteiger partial charge in [0.15, 0.2) is 0 Å². The van der Waals surface area contributed by atoms with Crippen molar-refractivity contribution in [3.05, 3.63) is 45.9 Å². The van der Waals surface area contributed by atoms with Gasteiger partial charge in [-0.2, -0.15) is 0 Å². The summed E-state index contributed by atoms with van der Waals surface area (Å²) < 4.78 is 5.82. The predicted molar refractivity (Wildman–Crippen MR) is 86.0 cm³/mol. The van der Waals surface area contributed by atoms with E-state index in [9.17, 15) is 0 Å². The molecule has 0 atom stereocenters. The van der Waals surface area contributed by atoms with Crippen molar-refractivity contribution in [3.63, 3.8) is 0 Å². The number of thiazole rings is 1. The maximum Gasteiger partial charge on any atom is 0.119 e. The quantitative estimate of drug-likeness (QED) is 0.740. The van der Waals surface area contributed by atoms with E-state index in [1.807, 2.05) is 17.5 Å². The Labute approximate surface area is 129 Å². The zero-order valence-corrected chi connectivity index (χ0v) is 13.7. The van der Waals surface area contributed by atoms with Crippen LogP contribution in [0.25, 0.3) is 0 Å². The number of hydrogen-bond donors (Lipinski definition) is 0. The Kier molecular flexibility index (Phi) is 5.06. The standard InChI is InChI=1S/C16H20ClNOS/c1-16(2,3)12-5-4-6-14(9-12)19-8-7-15-18-13(10-17)11-20-15/h4-6,9,11H,7-8,10H2,1-3H3. The van der Waals surface area contributed by atoms with Crippen molar-refractivity contribution >= 4 is 22.9 Å². The molecule has 0 fully saturated rings.